The topological polar surface area (TPSA) is 97.1 Å². The second kappa shape index (κ2) is 9.41. The zero-order chi connectivity index (χ0) is 23.6. The molecule has 0 bridgehead atoms. The number of rotatable bonds is 6. The normalized spacial score (nSPS) is 16.1. The third-order valence-corrected chi connectivity index (χ3v) is 7.65. The summed E-state index contributed by atoms with van der Waals surface area (Å²) in [5, 5.41) is 0. The monoisotopic (exact) mass is 466 g/mol. The summed E-state index contributed by atoms with van der Waals surface area (Å²) in [6.45, 7) is 5.38. The van der Waals surface area contributed by atoms with E-state index in [1.165, 1.54) is 37.4 Å². The molecule has 1 aromatic heterocycles. The molecular weight excluding hydrogens is 439 g/mol. The Morgan fingerprint density at radius 3 is 2.41 bits per heavy atom. The van der Waals surface area contributed by atoms with Crippen LogP contribution in [0.1, 0.15) is 34.4 Å². The largest absolute Gasteiger partial charge is 0.465 e. The minimum Gasteiger partial charge on any atom is -0.465 e. The molecule has 2 aromatic rings. The number of esters is 1. The first-order valence-electron chi connectivity index (χ1n) is 10.3. The lowest BCUT2D eigenvalue weighted by Gasteiger charge is -2.35. The van der Waals surface area contributed by atoms with Gasteiger partial charge in [0, 0.05) is 32.1 Å². The molecule has 0 aliphatic carbocycles. The molecule has 0 saturated carbocycles. The SMILES string of the molecule is COC(=O)c1c(C)oc(C)c1S(=O)(=O)N1CCN(C(=O)C(C)Cc2cccc(F)c2)CC1. The average molecular weight is 467 g/mol. The molecule has 1 aromatic carbocycles. The van der Waals surface area contributed by atoms with Crippen molar-refractivity contribution in [3.63, 3.8) is 0 Å². The van der Waals surface area contributed by atoms with Crippen molar-refractivity contribution in [1.29, 1.82) is 0 Å². The number of carbonyl (C=O) groups excluding carboxylic acids is 2. The van der Waals surface area contributed by atoms with Crippen molar-refractivity contribution in [2.75, 3.05) is 33.3 Å². The Bertz CT molecular complexity index is 1120. The summed E-state index contributed by atoms with van der Waals surface area (Å²) < 4.78 is 51.3. The number of ether oxygens (including phenoxy) is 1. The Hall–Kier alpha value is -2.72. The Morgan fingerprint density at radius 1 is 1.16 bits per heavy atom. The highest BCUT2D eigenvalue weighted by atomic mass is 32.2. The van der Waals surface area contributed by atoms with E-state index in [1.54, 1.807) is 24.0 Å². The smallest absolute Gasteiger partial charge is 0.342 e. The maximum Gasteiger partial charge on any atom is 0.342 e. The fraction of sp³-hybridized carbons (Fsp3) is 0.455. The first-order chi connectivity index (χ1) is 15.1. The molecule has 0 radical (unpaired) electrons. The van der Waals surface area contributed by atoms with E-state index in [9.17, 15) is 22.4 Å². The first-order valence-corrected chi connectivity index (χ1v) is 11.7. The van der Waals surface area contributed by atoms with Gasteiger partial charge < -0.3 is 14.1 Å². The highest BCUT2D eigenvalue weighted by Gasteiger charge is 2.38. The van der Waals surface area contributed by atoms with Crippen LogP contribution < -0.4 is 0 Å². The van der Waals surface area contributed by atoms with E-state index in [-0.39, 0.29) is 65.8 Å². The van der Waals surface area contributed by atoms with Crippen LogP contribution in [0.4, 0.5) is 4.39 Å². The first kappa shape index (κ1) is 23.9. The molecule has 1 fully saturated rings. The van der Waals surface area contributed by atoms with Crippen molar-refractivity contribution in [2.45, 2.75) is 32.1 Å². The molecule has 32 heavy (non-hydrogen) atoms. The molecule has 3 rings (SSSR count). The minimum absolute atomic E-state index is 0.0883. The molecule has 1 aliphatic rings. The van der Waals surface area contributed by atoms with E-state index < -0.39 is 16.0 Å². The van der Waals surface area contributed by atoms with Gasteiger partial charge in [-0.25, -0.2) is 17.6 Å². The third-order valence-electron chi connectivity index (χ3n) is 5.60. The summed E-state index contributed by atoms with van der Waals surface area (Å²) in [6, 6.07) is 6.13. The quantitative estimate of drug-likeness (QED) is 0.607. The molecule has 1 saturated heterocycles. The number of hydrogen-bond acceptors (Lipinski definition) is 6. The number of benzene rings is 1. The molecule has 8 nitrogen and oxygen atoms in total. The predicted octanol–water partition coefficient (Wildman–Crippen LogP) is 2.53. The van der Waals surface area contributed by atoms with Crippen molar-refractivity contribution < 1.29 is 31.6 Å². The lowest BCUT2D eigenvalue weighted by atomic mass is 9.99. The van der Waals surface area contributed by atoms with Crippen molar-refractivity contribution in [3.8, 4) is 0 Å². The molecule has 1 amide bonds. The number of amides is 1. The Labute approximate surface area is 187 Å². The lowest BCUT2D eigenvalue weighted by molar-refractivity contribution is -0.136. The van der Waals surface area contributed by atoms with Crippen molar-refractivity contribution in [1.82, 2.24) is 9.21 Å². The summed E-state index contributed by atoms with van der Waals surface area (Å²) in [6.07, 6.45) is 0.394. The van der Waals surface area contributed by atoms with E-state index in [1.807, 2.05) is 0 Å². The van der Waals surface area contributed by atoms with Crippen molar-refractivity contribution in [2.24, 2.45) is 5.92 Å². The van der Waals surface area contributed by atoms with Crippen LogP contribution in [0.2, 0.25) is 0 Å². The number of nitrogens with zero attached hydrogens (tertiary/aromatic N) is 2. The number of aryl methyl sites for hydroxylation is 2. The molecule has 2 heterocycles. The van der Waals surface area contributed by atoms with E-state index in [4.69, 9.17) is 9.15 Å². The highest BCUT2D eigenvalue weighted by molar-refractivity contribution is 7.89. The molecule has 1 atom stereocenters. The number of halogens is 1. The van der Waals surface area contributed by atoms with Crippen LogP contribution in [0.5, 0.6) is 0 Å². The van der Waals surface area contributed by atoms with E-state index in [2.05, 4.69) is 0 Å². The number of carbonyl (C=O) groups is 2. The van der Waals surface area contributed by atoms with Gasteiger partial charge >= 0.3 is 5.97 Å². The minimum atomic E-state index is -4.02. The van der Waals surface area contributed by atoms with E-state index in [0.29, 0.717) is 6.42 Å². The molecule has 1 unspecified atom stereocenters. The van der Waals surface area contributed by atoms with Gasteiger partial charge in [0.25, 0.3) is 0 Å². The van der Waals surface area contributed by atoms with Crippen LogP contribution in [0.25, 0.3) is 0 Å². The van der Waals surface area contributed by atoms with Gasteiger partial charge in [-0.15, -0.1) is 0 Å². The number of piperazine rings is 1. The van der Waals surface area contributed by atoms with Crippen LogP contribution in [-0.4, -0.2) is 62.8 Å². The standard InChI is InChI=1S/C22H27FN2O6S/c1-14(12-17-6-5-7-18(23)13-17)21(26)24-8-10-25(11-9-24)32(28,29)20-16(3)31-15(2)19(20)22(27)30-4/h5-7,13-14H,8-12H2,1-4H3. The highest BCUT2D eigenvalue weighted by Crippen LogP contribution is 2.30. The van der Waals surface area contributed by atoms with Crippen LogP contribution >= 0.6 is 0 Å². The number of furan rings is 1. The molecule has 1 aliphatic heterocycles. The zero-order valence-electron chi connectivity index (χ0n) is 18.6. The Morgan fingerprint density at radius 2 is 1.81 bits per heavy atom. The van der Waals surface area contributed by atoms with Gasteiger partial charge in [0.05, 0.1) is 7.11 Å². The molecule has 10 heteroatoms. The van der Waals surface area contributed by atoms with E-state index in [0.717, 1.165) is 5.56 Å². The second-order valence-electron chi connectivity index (χ2n) is 7.87. The van der Waals surface area contributed by atoms with Crippen LogP contribution in [0, 0.1) is 25.6 Å². The van der Waals surface area contributed by atoms with Crippen LogP contribution in [0.3, 0.4) is 0 Å². The zero-order valence-corrected chi connectivity index (χ0v) is 19.4. The van der Waals surface area contributed by atoms with Gasteiger partial charge in [0.2, 0.25) is 15.9 Å². The summed E-state index contributed by atoms with van der Waals surface area (Å²) in [4.78, 5) is 26.4. The summed E-state index contributed by atoms with van der Waals surface area (Å²) in [7, 11) is -2.84. The van der Waals surface area contributed by atoms with Gasteiger partial charge in [-0.3, -0.25) is 4.79 Å². The van der Waals surface area contributed by atoms with Crippen molar-refractivity contribution >= 4 is 21.9 Å². The molecule has 174 valence electrons. The Balaban J connectivity index is 1.70. The third kappa shape index (κ3) is 4.71. The fourth-order valence-electron chi connectivity index (χ4n) is 4.01. The Kier molecular flexibility index (Phi) is 7.04. The lowest BCUT2D eigenvalue weighted by Crippen LogP contribution is -2.52. The second-order valence-corrected chi connectivity index (χ2v) is 9.75. The van der Waals surface area contributed by atoms with E-state index >= 15 is 0 Å². The maximum absolute atomic E-state index is 13.4. The number of sulfonamides is 1. The maximum atomic E-state index is 13.4. The average Bonchev–Trinajstić information content (AvgIpc) is 3.07. The van der Waals surface area contributed by atoms with Crippen LogP contribution in [0.15, 0.2) is 33.6 Å². The van der Waals surface area contributed by atoms with Gasteiger partial charge in [0.1, 0.15) is 27.8 Å². The summed E-state index contributed by atoms with van der Waals surface area (Å²) >= 11 is 0. The number of hydrogen-bond donors (Lipinski definition) is 0. The molecule has 0 N–H and O–H groups in total. The van der Waals surface area contributed by atoms with Gasteiger partial charge in [-0.05, 0) is 38.0 Å². The molecular formula is C22H27FN2O6S. The van der Waals surface area contributed by atoms with Gasteiger partial charge in [-0.1, -0.05) is 19.1 Å². The van der Waals surface area contributed by atoms with Crippen molar-refractivity contribution in [3.05, 3.63) is 52.7 Å². The predicted molar refractivity (Wildman–Crippen MR) is 114 cm³/mol. The van der Waals surface area contributed by atoms with Crippen LogP contribution in [-0.2, 0) is 26.0 Å². The van der Waals surface area contributed by atoms with Gasteiger partial charge in [-0.2, -0.15) is 4.31 Å². The molecule has 0 spiro atoms. The number of methoxy groups -OCH3 is 1. The fourth-order valence-corrected chi connectivity index (χ4v) is 5.80. The van der Waals surface area contributed by atoms with Gasteiger partial charge in [0.15, 0.2) is 0 Å². The summed E-state index contributed by atoms with van der Waals surface area (Å²) in [5.41, 5.74) is 0.625. The summed E-state index contributed by atoms with van der Waals surface area (Å²) in [5.74, 6) is -1.32.